The molecule has 1 unspecified atom stereocenters. The lowest BCUT2D eigenvalue weighted by Gasteiger charge is -2.11. The number of benzene rings is 1. The first kappa shape index (κ1) is 13.5. The monoisotopic (exact) mass is 258 g/mol. The molecule has 6 heteroatoms. The van der Waals surface area contributed by atoms with Crippen LogP contribution in [0.15, 0.2) is 29.2 Å². The summed E-state index contributed by atoms with van der Waals surface area (Å²) in [7, 11) is -3.53. The number of rotatable bonds is 5. The van der Waals surface area contributed by atoms with Gasteiger partial charge in [-0.15, -0.1) is 0 Å². The maximum absolute atomic E-state index is 12.0. The first-order chi connectivity index (χ1) is 7.84. The van der Waals surface area contributed by atoms with Crippen molar-refractivity contribution in [3.8, 4) is 5.75 Å². The second-order valence-electron chi connectivity index (χ2n) is 3.78. The normalized spacial score (nSPS) is 13.2. The minimum atomic E-state index is -3.53. The average molecular weight is 258 g/mol. The van der Waals surface area contributed by atoms with Crippen molar-refractivity contribution in [2.45, 2.75) is 29.9 Å². The zero-order chi connectivity index (χ0) is 13.1. The summed E-state index contributed by atoms with van der Waals surface area (Å²) in [6.45, 7) is 1.48. The molecule has 0 radical (unpaired) electrons. The molecule has 0 aromatic heterocycles. The highest BCUT2D eigenvalue weighted by Gasteiger charge is 2.23. The van der Waals surface area contributed by atoms with Crippen LogP contribution in [0.3, 0.4) is 0 Å². The van der Waals surface area contributed by atoms with Gasteiger partial charge in [0.1, 0.15) is 5.75 Å². The van der Waals surface area contributed by atoms with E-state index in [1.807, 2.05) is 0 Å². The molecule has 0 heterocycles. The number of hydrogen-bond donors (Lipinski definition) is 2. The Labute approximate surface area is 99.6 Å². The highest BCUT2D eigenvalue weighted by molar-refractivity contribution is 7.92. The van der Waals surface area contributed by atoms with E-state index in [9.17, 15) is 13.2 Å². The molecule has 17 heavy (non-hydrogen) atoms. The molecule has 0 saturated heterocycles. The second kappa shape index (κ2) is 5.18. The number of carbonyl (C=O) groups is 1. The molecule has 0 bridgehead atoms. The Bertz CT molecular complexity index is 489. The van der Waals surface area contributed by atoms with Gasteiger partial charge in [-0.3, -0.25) is 4.79 Å². The molecule has 0 saturated carbocycles. The van der Waals surface area contributed by atoms with Crippen LogP contribution >= 0.6 is 0 Å². The lowest BCUT2D eigenvalue weighted by Crippen LogP contribution is -2.19. The average Bonchev–Trinajstić information content (AvgIpc) is 2.26. The Morgan fingerprint density at radius 1 is 1.29 bits per heavy atom. The van der Waals surface area contributed by atoms with E-state index >= 15 is 0 Å². The molecule has 0 aliphatic carbocycles. The lowest BCUT2D eigenvalue weighted by atomic mass is 10.2. The van der Waals surface area contributed by atoms with E-state index in [-0.39, 0.29) is 23.5 Å². The van der Waals surface area contributed by atoms with Crippen molar-refractivity contribution in [2.24, 2.45) is 0 Å². The van der Waals surface area contributed by atoms with Crippen LogP contribution in [0.5, 0.6) is 5.75 Å². The van der Waals surface area contributed by atoms with Gasteiger partial charge in [-0.2, -0.15) is 0 Å². The van der Waals surface area contributed by atoms with Crippen LogP contribution in [0.25, 0.3) is 0 Å². The summed E-state index contributed by atoms with van der Waals surface area (Å²) < 4.78 is 24.0. The molecule has 1 atom stereocenters. The standard InChI is InChI=1S/C11H14O5S/c1-8(2-7-11(13)14)17(15,16)10-5-3-9(12)4-6-10/h3-6,8,12H,2,7H2,1H3,(H,13,14). The van der Waals surface area contributed by atoms with Crippen molar-refractivity contribution in [2.75, 3.05) is 0 Å². The van der Waals surface area contributed by atoms with Crippen molar-refractivity contribution in [3.63, 3.8) is 0 Å². The van der Waals surface area contributed by atoms with Crippen LogP contribution in [0, 0.1) is 0 Å². The highest BCUT2D eigenvalue weighted by atomic mass is 32.2. The summed E-state index contributed by atoms with van der Waals surface area (Å²) in [6.07, 6.45) is -0.114. The van der Waals surface area contributed by atoms with Crippen molar-refractivity contribution < 1.29 is 23.4 Å². The van der Waals surface area contributed by atoms with E-state index < -0.39 is 21.1 Å². The van der Waals surface area contributed by atoms with Gasteiger partial charge in [0.2, 0.25) is 0 Å². The van der Waals surface area contributed by atoms with Crippen LogP contribution in [0.2, 0.25) is 0 Å². The topological polar surface area (TPSA) is 91.7 Å². The molecule has 1 aromatic rings. The maximum Gasteiger partial charge on any atom is 0.303 e. The van der Waals surface area contributed by atoms with Gasteiger partial charge >= 0.3 is 5.97 Å². The molecule has 0 aliphatic rings. The van der Waals surface area contributed by atoms with Gasteiger partial charge in [-0.25, -0.2) is 8.42 Å². The van der Waals surface area contributed by atoms with Gasteiger partial charge in [0.05, 0.1) is 10.1 Å². The molecule has 0 aliphatic heterocycles. The summed E-state index contributed by atoms with van der Waals surface area (Å²) in [4.78, 5) is 10.5. The predicted octanol–water partition coefficient (Wildman–Crippen LogP) is 1.42. The third kappa shape index (κ3) is 3.45. The fourth-order valence-corrected chi connectivity index (χ4v) is 2.76. The summed E-state index contributed by atoms with van der Waals surface area (Å²) >= 11 is 0. The van der Waals surface area contributed by atoms with Gasteiger partial charge in [0.15, 0.2) is 9.84 Å². The van der Waals surface area contributed by atoms with Gasteiger partial charge in [-0.1, -0.05) is 0 Å². The number of aliphatic carboxylic acids is 1. The smallest absolute Gasteiger partial charge is 0.303 e. The number of sulfone groups is 1. The number of carboxylic acid groups (broad SMARTS) is 1. The number of hydrogen-bond acceptors (Lipinski definition) is 4. The maximum atomic E-state index is 12.0. The van der Waals surface area contributed by atoms with Gasteiger partial charge in [0, 0.05) is 6.42 Å². The van der Waals surface area contributed by atoms with Crippen LogP contribution in [-0.2, 0) is 14.6 Å². The van der Waals surface area contributed by atoms with Gasteiger partial charge in [0.25, 0.3) is 0 Å². The second-order valence-corrected chi connectivity index (χ2v) is 6.15. The fourth-order valence-electron chi connectivity index (χ4n) is 1.35. The lowest BCUT2D eigenvalue weighted by molar-refractivity contribution is -0.137. The van der Waals surface area contributed by atoms with E-state index in [0.717, 1.165) is 0 Å². The Kier molecular flexibility index (Phi) is 4.11. The zero-order valence-corrected chi connectivity index (χ0v) is 10.1. The quantitative estimate of drug-likeness (QED) is 0.833. The minimum Gasteiger partial charge on any atom is -0.508 e. The fraction of sp³-hybridized carbons (Fsp3) is 0.364. The first-order valence-corrected chi connectivity index (χ1v) is 6.63. The number of phenols is 1. The Balaban J connectivity index is 2.87. The Morgan fingerprint density at radius 2 is 1.82 bits per heavy atom. The molecule has 2 N–H and O–H groups in total. The van der Waals surface area contributed by atoms with E-state index in [1.54, 1.807) is 0 Å². The molecule has 0 spiro atoms. The van der Waals surface area contributed by atoms with Crippen LogP contribution in [0.1, 0.15) is 19.8 Å². The summed E-state index contributed by atoms with van der Waals surface area (Å²) in [5, 5.41) is 16.8. The number of aromatic hydroxyl groups is 1. The van der Waals surface area contributed by atoms with Crippen molar-refractivity contribution in [1.82, 2.24) is 0 Å². The molecule has 5 nitrogen and oxygen atoms in total. The molecular weight excluding hydrogens is 244 g/mol. The van der Waals surface area contributed by atoms with Crippen LogP contribution in [-0.4, -0.2) is 29.9 Å². The van der Waals surface area contributed by atoms with Gasteiger partial charge < -0.3 is 10.2 Å². The highest BCUT2D eigenvalue weighted by Crippen LogP contribution is 2.21. The summed E-state index contributed by atoms with van der Waals surface area (Å²) in [6, 6.07) is 5.19. The third-order valence-electron chi connectivity index (χ3n) is 2.46. The molecule has 1 aromatic carbocycles. The van der Waals surface area contributed by atoms with E-state index in [2.05, 4.69) is 0 Å². The molecular formula is C11H14O5S. The summed E-state index contributed by atoms with van der Waals surface area (Å²) in [5.74, 6) is -1.03. The Morgan fingerprint density at radius 3 is 2.29 bits per heavy atom. The Hall–Kier alpha value is -1.56. The van der Waals surface area contributed by atoms with Crippen LogP contribution in [0.4, 0.5) is 0 Å². The number of carboxylic acids is 1. The molecule has 94 valence electrons. The summed E-state index contributed by atoms with van der Waals surface area (Å²) in [5.41, 5.74) is 0. The third-order valence-corrected chi connectivity index (χ3v) is 4.68. The van der Waals surface area contributed by atoms with Crippen LogP contribution < -0.4 is 0 Å². The zero-order valence-electron chi connectivity index (χ0n) is 9.33. The predicted molar refractivity (Wildman–Crippen MR) is 61.6 cm³/mol. The van der Waals surface area contributed by atoms with Crippen molar-refractivity contribution >= 4 is 15.8 Å². The molecule has 0 amide bonds. The SMILES string of the molecule is CC(CCC(=O)O)S(=O)(=O)c1ccc(O)cc1. The van der Waals surface area contributed by atoms with Crippen molar-refractivity contribution in [3.05, 3.63) is 24.3 Å². The first-order valence-electron chi connectivity index (χ1n) is 5.09. The molecule has 0 fully saturated rings. The van der Waals surface area contributed by atoms with E-state index in [0.29, 0.717) is 0 Å². The van der Waals surface area contributed by atoms with Crippen molar-refractivity contribution in [1.29, 1.82) is 0 Å². The number of phenolic OH excluding ortho intramolecular Hbond substituents is 1. The molecule has 1 rings (SSSR count). The largest absolute Gasteiger partial charge is 0.508 e. The van der Waals surface area contributed by atoms with Gasteiger partial charge in [-0.05, 0) is 37.6 Å². The van der Waals surface area contributed by atoms with E-state index in [4.69, 9.17) is 10.2 Å². The minimum absolute atomic E-state index is 0.0119. The van der Waals surface area contributed by atoms with E-state index in [1.165, 1.54) is 31.2 Å².